The number of methoxy groups -OCH3 is 1. The van der Waals surface area contributed by atoms with E-state index in [0.29, 0.717) is 10.2 Å². The summed E-state index contributed by atoms with van der Waals surface area (Å²) >= 11 is 3.25. The van der Waals surface area contributed by atoms with Crippen molar-refractivity contribution in [2.45, 2.75) is 19.4 Å². The normalized spacial score (nSPS) is 12.6. The van der Waals surface area contributed by atoms with Gasteiger partial charge in [-0.1, -0.05) is 6.92 Å². The van der Waals surface area contributed by atoms with E-state index in [1.807, 2.05) is 13.0 Å². The highest BCUT2D eigenvalue weighted by molar-refractivity contribution is 9.10. The third kappa shape index (κ3) is 2.19. The van der Waals surface area contributed by atoms with Crippen molar-refractivity contribution in [1.82, 2.24) is 0 Å². The summed E-state index contributed by atoms with van der Waals surface area (Å²) in [6.07, 6.45) is 0.848. The van der Waals surface area contributed by atoms with E-state index >= 15 is 0 Å². The predicted molar refractivity (Wildman–Crippen MR) is 59.6 cm³/mol. The second-order valence-corrected chi connectivity index (χ2v) is 3.92. The molecule has 0 saturated carbocycles. The van der Waals surface area contributed by atoms with E-state index in [4.69, 9.17) is 10.5 Å². The second kappa shape index (κ2) is 4.66. The van der Waals surface area contributed by atoms with E-state index in [9.17, 15) is 5.11 Å². The lowest BCUT2D eigenvalue weighted by Gasteiger charge is -2.13. The fourth-order valence-electron chi connectivity index (χ4n) is 1.20. The van der Waals surface area contributed by atoms with Crippen molar-refractivity contribution in [3.63, 3.8) is 0 Å². The van der Waals surface area contributed by atoms with E-state index in [1.54, 1.807) is 6.07 Å². The highest BCUT2D eigenvalue weighted by Crippen LogP contribution is 2.36. The van der Waals surface area contributed by atoms with Crippen LogP contribution in [-0.2, 0) is 0 Å². The summed E-state index contributed by atoms with van der Waals surface area (Å²) in [6.45, 7) is 2.01. The predicted octanol–water partition coefficient (Wildman–Crippen LogP) is 2.57. The number of benzene rings is 1. The van der Waals surface area contributed by atoms with Gasteiger partial charge in [0.05, 0.1) is 11.6 Å². The summed E-state index contributed by atoms with van der Waals surface area (Å²) in [5.41, 5.74) is 6.83. The minimum absolute atomic E-state index is 0.0270. The molecule has 1 atom stereocenters. The summed E-state index contributed by atoms with van der Waals surface area (Å²) in [4.78, 5) is 0. The molecule has 0 unspecified atom stereocenters. The van der Waals surface area contributed by atoms with E-state index in [1.165, 1.54) is 7.11 Å². The van der Waals surface area contributed by atoms with Crippen LogP contribution < -0.4 is 10.5 Å². The Kier molecular flexibility index (Phi) is 3.77. The van der Waals surface area contributed by atoms with Crippen molar-refractivity contribution in [3.05, 3.63) is 22.2 Å². The zero-order valence-electron chi connectivity index (χ0n) is 8.25. The Balaban J connectivity index is 3.16. The molecule has 78 valence electrons. The Hall–Kier alpha value is -0.740. The van der Waals surface area contributed by atoms with Crippen LogP contribution in [0.4, 0.5) is 0 Å². The van der Waals surface area contributed by atoms with Gasteiger partial charge in [0.25, 0.3) is 0 Å². The molecule has 0 aliphatic carbocycles. The van der Waals surface area contributed by atoms with Gasteiger partial charge in [-0.25, -0.2) is 0 Å². The molecule has 14 heavy (non-hydrogen) atoms. The molecular formula is C10H14BrNO2. The Morgan fingerprint density at radius 2 is 2.21 bits per heavy atom. The van der Waals surface area contributed by atoms with Crippen LogP contribution >= 0.6 is 15.9 Å². The van der Waals surface area contributed by atoms with Crippen molar-refractivity contribution in [3.8, 4) is 11.5 Å². The highest BCUT2D eigenvalue weighted by atomic mass is 79.9. The molecule has 0 amide bonds. The van der Waals surface area contributed by atoms with Crippen molar-refractivity contribution in [1.29, 1.82) is 0 Å². The number of nitrogens with two attached hydrogens (primary N) is 1. The molecule has 1 aromatic carbocycles. The van der Waals surface area contributed by atoms with E-state index in [0.717, 1.165) is 12.0 Å². The lowest BCUT2D eigenvalue weighted by atomic mass is 10.1. The summed E-state index contributed by atoms with van der Waals surface area (Å²) in [5, 5.41) is 9.56. The van der Waals surface area contributed by atoms with Gasteiger partial charge in [-0.15, -0.1) is 0 Å². The van der Waals surface area contributed by atoms with Gasteiger partial charge in [-0.2, -0.15) is 0 Å². The van der Waals surface area contributed by atoms with E-state index < -0.39 is 0 Å². The molecule has 0 heterocycles. The average Bonchev–Trinajstić information content (AvgIpc) is 2.20. The topological polar surface area (TPSA) is 55.5 Å². The zero-order valence-corrected chi connectivity index (χ0v) is 9.84. The fourth-order valence-corrected chi connectivity index (χ4v) is 1.66. The third-order valence-corrected chi connectivity index (χ3v) is 2.74. The number of halogens is 1. The molecular weight excluding hydrogens is 246 g/mol. The summed E-state index contributed by atoms with van der Waals surface area (Å²) < 4.78 is 5.63. The maximum absolute atomic E-state index is 9.56. The molecule has 4 heteroatoms. The van der Waals surface area contributed by atoms with Crippen molar-refractivity contribution < 1.29 is 9.84 Å². The minimum atomic E-state index is -0.0270. The van der Waals surface area contributed by atoms with Crippen LogP contribution in [0.25, 0.3) is 0 Å². The highest BCUT2D eigenvalue weighted by Gasteiger charge is 2.11. The van der Waals surface area contributed by atoms with Crippen LogP contribution in [-0.4, -0.2) is 12.2 Å². The number of hydrogen-bond acceptors (Lipinski definition) is 3. The molecule has 0 aliphatic heterocycles. The van der Waals surface area contributed by atoms with Crippen LogP contribution in [0.15, 0.2) is 16.6 Å². The summed E-state index contributed by atoms with van der Waals surface area (Å²) in [7, 11) is 1.52. The SMILES string of the molecule is CC[C@H](N)c1cc(Br)c(O)c(OC)c1. The molecule has 1 aromatic rings. The van der Waals surface area contributed by atoms with Crippen LogP contribution in [0, 0.1) is 0 Å². The van der Waals surface area contributed by atoms with Crippen LogP contribution in [0.1, 0.15) is 24.9 Å². The van der Waals surface area contributed by atoms with E-state index in [2.05, 4.69) is 15.9 Å². The van der Waals surface area contributed by atoms with Crippen LogP contribution in [0.5, 0.6) is 11.5 Å². The fraction of sp³-hybridized carbons (Fsp3) is 0.400. The first-order valence-corrected chi connectivity index (χ1v) is 5.21. The molecule has 0 aliphatic rings. The molecule has 0 radical (unpaired) electrons. The molecule has 0 aromatic heterocycles. The number of hydrogen-bond donors (Lipinski definition) is 2. The molecule has 0 saturated heterocycles. The molecule has 0 bridgehead atoms. The Bertz CT molecular complexity index is 328. The van der Waals surface area contributed by atoms with Gasteiger partial charge in [-0.05, 0) is 40.0 Å². The number of phenols is 1. The van der Waals surface area contributed by atoms with E-state index in [-0.39, 0.29) is 11.8 Å². The standard InChI is InChI=1S/C10H14BrNO2/c1-3-8(12)6-4-7(11)10(13)9(5-6)14-2/h4-5,8,13H,3,12H2,1-2H3/t8-/m0/s1. The van der Waals surface area contributed by atoms with Crippen molar-refractivity contribution >= 4 is 15.9 Å². The maximum Gasteiger partial charge on any atom is 0.172 e. The lowest BCUT2D eigenvalue weighted by Crippen LogP contribution is -2.08. The first-order valence-electron chi connectivity index (χ1n) is 4.42. The third-order valence-electron chi connectivity index (χ3n) is 2.14. The maximum atomic E-state index is 9.56. The molecule has 0 fully saturated rings. The van der Waals surface area contributed by atoms with Gasteiger partial charge < -0.3 is 15.6 Å². The monoisotopic (exact) mass is 259 g/mol. The number of ether oxygens (including phenoxy) is 1. The summed E-state index contributed by atoms with van der Waals surface area (Å²) in [5.74, 6) is 0.554. The van der Waals surface area contributed by atoms with Crippen LogP contribution in [0.2, 0.25) is 0 Å². The Morgan fingerprint density at radius 3 is 2.71 bits per heavy atom. The molecule has 3 N–H and O–H groups in total. The Morgan fingerprint density at radius 1 is 1.57 bits per heavy atom. The first-order chi connectivity index (χ1) is 6.60. The van der Waals surface area contributed by atoms with Gasteiger partial charge in [0.2, 0.25) is 0 Å². The Labute approximate surface area is 92.0 Å². The number of rotatable bonds is 3. The van der Waals surface area contributed by atoms with Crippen molar-refractivity contribution in [2.75, 3.05) is 7.11 Å². The van der Waals surface area contributed by atoms with Gasteiger partial charge >= 0.3 is 0 Å². The lowest BCUT2D eigenvalue weighted by molar-refractivity contribution is 0.371. The van der Waals surface area contributed by atoms with Crippen molar-refractivity contribution in [2.24, 2.45) is 5.73 Å². The first kappa shape index (κ1) is 11.3. The molecule has 0 spiro atoms. The minimum Gasteiger partial charge on any atom is -0.503 e. The van der Waals surface area contributed by atoms with Gasteiger partial charge in [0.15, 0.2) is 11.5 Å². The largest absolute Gasteiger partial charge is 0.503 e. The van der Waals surface area contributed by atoms with Gasteiger partial charge in [-0.3, -0.25) is 0 Å². The molecule has 1 rings (SSSR count). The van der Waals surface area contributed by atoms with Gasteiger partial charge in [0.1, 0.15) is 0 Å². The number of phenolic OH excluding ortho intramolecular Hbond substituents is 1. The van der Waals surface area contributed by atoms with Gasteiger partial charge in [0, 0.05) is 6.04 Å². The zero-order chi connectivity index (χ0) is 10.7. The number of aromatic hydroxyl groups is 1. The summed E-state index contributed by atoms with van der Waals surface area (Å²) in [6, 6.07) is 3.54. The quantitative estimate of drug-likeness (QED) is 0.878. The van der Waals surface area contributed by atoms with Crippen LogP contribution in [0.3, 0.4) is 0 Å². The smallest absolute Gasteiger partial charge is 0.172 e. The average molecular weight is 260 g/mol. The second-order valence-electron chi connectivity index (χ2n) is 3.07. The molecule has 3 nitrogen and oxygen atoms in total.